The van der Waals surface area contributed by atoms with Crippen molar-refractivity contribution in [3.8, 4) is 59.9 Å². The topological polar surface area (TPSA) is 0 Å². The Morgan fingerprint density at radius 2 is 0.705 bits per heavy atom. The number of benzene rings is 1. The molecular formula is C38H30S6. The van der Waals surface area contributed by atoms with E-state index in [0.29, 0.717) is 0 Å². The van der Waals surface area contributed by atoms with Crippen LogP contribution >= 0.6 is 68.0 Å². The van der Waals surface area contributed by atoms with Gasteiger partial charge in [-0.15, -0.1) is 68.0 Å². The molecule has 2 aliphatic carbocycles. The van der Waals surface area contributed by atoms with Crippen molar-refractivity contribution in [1.82, 2.24) is 0 Å². The zero-order chi connectivity index (χ0) is 30.1. The monoisotopic (exact) mass is 678 g/mol. The van der Waals surface area contributed by atoms with E-state index in [4.69, 9.17) is 0 Å². The summed E-state index contributed by atoms with van der Waals surface area (Å²) < 4.78 is 0. The molecular weight excluding hydrogens is 649 g/mol. The van der Waals surface area contributed by atoms with Gasteiger partial charge in [-0.2, -0.15) is 0 Å². The van der Waals surface area contributed by atoms with E-state index in [9.17, 15) is 0 Å². The zero-order valence-electron chi connectivity index (χ0n) is 25.4. The van der Waals surface area contributed by atoms with Crippen LogP contribution in [-0.2, 0) is 10.8 Å². The average molecular weight is 679 g/mol. The third kappa shape index (κ3) is 3.95. The van der Waals surface area contributed by atoms with Crippen molar-refractivity contribution in [2.24, 2.45) is 0 Å². The molecule has 218 valence electrons. The number of rotatable bonds is 4. The lowest BCUT2D eigenvalue weighted by Gasteiger charge is -2.24. The second-order valence-corrected chi connectivity index (χ2v) is 19.9. The molecule has 0 radical (unpaired) electrons. The van der Waals surface area contributed by atoms with Gasteiger partial charge in [-0.3, -0.25) is 0 Å². The second kappa shape index (κ2) is 9.47. The van der Waals surface area contributed by atoms with Crippen LogP contribution in [0.25, 0.3) is 59.9 Å². The van der Waals surface area contributed by atoms with Gasteiger partial charge >= 0.3 is 0 Å². The predicted octanol–water partition coefficient (Wildman–Crippen LogP) is 14.0. The maximum atomic E-state index is 2.56. The van der Waals surface area contributed by atoms with E-state index in [2.05, 4.69) is 114 Å². The number of hydrogen-bond acceptors (Lipinski definition) is 6. The summed E-state index contributed by atoms with van der Waals surface area (Å²) in [5.74, 6) is 0. The third-order valence-corrected chi connectivity index (χ3v) is 16.8. The van der Waals surface area contributed by atoms with Crippen molar-refractivity contribution in [2.75, 3.05) is 0 Å². The Balaban J connectivity index is 1.10. The molecule has 0 N–H and O–H groups in total. The molecule has 0 amide bonds. The Morgan fingerprint density at radius 3 is 1.07 bits per heavy atom. The highest BCUT2D eigenvalue weighted by atomic mass is 32.1. The Bertz CT molecular complexity index is 2100. The zero-order valence-corrected chi connectivity index (χ0v) is 30.3. The summed E-state index contributed by atoms with van der Waals surface area (Å²) in [6, 6.07) is 28.3. The SMILES string of the molecule is Cc1ccc(-c2ccc(-c3cc4c(s3)-c3cc5c(cc3C4(C)C)-c3sc(-c4ccc(-c6ccc(C)s6)s4)cc3C5(C)C)s2)s1. The van der Waals surface area contributed by atoms with Crippen LogP contribution < -0.4 is 0 Å². The first-order valence-electron chi connectivity index (χ1n) is 14.9. The van der Waals surface area contributed by atoms with E-state index < -0.39 is 0 Å². The molecule has 0 aliphatic heterocycles. The van der Waals surface area contributed by atoms with E-state index in [1.165, 1.54) is 91.9 Å². The minimum absolute atomic E-state index is 0.0200. The summed E-state index contributed by atoms with van der Waals surface area (Å²) in [6.07, 6.45) is 0. The van der Waals surface area contributed by atoms with E-state index in [-0.39, 0.29) is 10.8 Å². The molecule has 0 atom stereocenters. The molecule has 7 aromatic rings. The van der Waals surface area contributed by atoms with Crippen LogP contribution in [0, 0.1) is 13.8 Å². The minimum Gasteiger partial charge on any atom is -0.140 e. The van der Waals surface area contributed by atoms with Crippen LogP contribution in [0.2, 0.25) is 0 Å². The molecule has 2 aliphatic rings. The van der Waals surface area contributed by atoms with Crippen LogP contribution in [0.1, 0.15) is 59.7 Å². The predicted molar refractivity (Wildman–Crippen MR) is 200 cm³/mol. The van der Waals surface area contributed by atoms with Gasteiger partial charge in [0, 0.05) is 69.4 Å². The average Bonchev–Trinajstić information content (AvgIpc) is 3.82. The Morgan fingerprint density at radius 1 is 0.364 bits per heavy atom. The van der Waals surface area contributed by atoms with Gasteiger partial charge in [-0.05, 0) is 120 Å². The Kier molecular flexibility index (Phi) is 5.97. The number of thiophene rings is 6. The minimum atomic E-state index is -0.0200. The molecule has 1 aromatic carbocycles. The number of aryl methyl sites for hydroxylation is 2. The highest BCUT2D eigenvalue weighted by Gasteiger charge is 2.43. The lowest BCUT2D eigenvalue weighted by atomic mass is 9.79. The van der Waals surface area contributed by atoms with Crippen LogP contribution in [0.3, 0.4) is 0 Å². The van der Waals surface area contributed by atoms with Crippen molar-refractivity contribution in [2.45, 2.75) is 52.4 Å². The second-order valence-electron chi connectivity index (χ2n) is 13.0. The lowest BCUT2D eigenvalue weighted by Crippen LogP contribution is -2.16. The van der Waals surface area contributed by atoms with E-state index in [1.807, 2.05) is 68.0 Å². The maximum absolute atomic E-state index is 2.56. The van der Waals surface area contributed by atoms with Crippen molar-refractivity contribution in [3.05, 3.63) is 105 Å². The van der Waals surface area contributed by atoms with Crippen LogP contribution in [-0.4, -0.2) is 0 Å². The first-order valence-corrected chi connectivity index (χ1v) is 19.8. The van der Waals surface area contributed by atoms with Gasteiger partial charge in [0.15, 0.2) is 0 Å². The lowest BCUT2D eigenvalue weighted by molar-refractivity contribution is 0.653. The van der Waals surface area contributed by atoms with E-state index in [1.54, 1.807) is 0 Å². The Hall–Kier alpha value is -2.58. The van der Waals surface area contributed by atoms with Crippen LogP contribution in [0.5, 0.6) is 0 Å². The number of fused-ring (bicyclic) bond motifs is 6. The van der Waals surface area contributed by atoms with E-state index >= 15 is 0 Å². The van der Waals surface area contributed by atoms with Crippen molar-refractivity contribution < 1.29 is 0 Å². The molecule has 0 fully saturated rings. The van der Waals surface area contributed by atoms with Gasteiger partial charge in [0.2, 0.25) is 0 Å². The largest absolute Gasteiger partial charge is 0.140 e. The van der Waals surface area contributed by atoms with Gasteiger partial charge in [0.25, 0.3) is 0 Å². The molecule has 0 bridgehead atoms. The fourth-order valence-electron chi connectivity index (χ4n) is 6.99. The van der Waals surface area contributed by atoms with Gasteiger partial charge < -0.3 is 0 Å². The fourth-order valence-corrected chi connectivity index (χ4v) is 13.8. The highest BCUT2D eigenvalue weighted by molar-refractivity contribution is 7.28. The Labute approximate surface area is 283 Å². The van der Waals surface area contributed by atoms with Crippen molar-refractivity contribution in [3.63, 3.8) is 0 Å². The fraction of sp³-hybridized carbons (Fsp3) is 0.211. The summed E-state index contributed by atoms with van der Waals surface area (Å²) in [4.78, 5) is 16.7. The molecule has 0 nitrogen and oxygen atoms in total. The first-order chi connectivity index (χ1) is 21.1. The summed E-state index contributed by atoms with van der Waals surface area (Å²) in [5, 5.41) is 0. The maximum Gasteiger partial charge on any atom is 0.0452 e. The standard InChI is InChI=1S/C38H30S6/c1-19-7-9-27(39-19)29-11-13-31(41-29)33-17-25-35(43-33)21-15-24-22(16-23(21)37(25,3)4)36-26(38(24,5)6)18-34(44-36)32-14-12-30(42-32)28-10-8-20(2)40-28/h7-18H,1-6H3. The number of hydrogen-bond donors (Lipinski definition) is 0. The quantitative estimate of drug-likeness (QED) is 0.174. The van der Waals surface area contributed by atoms with E-state index in [0.717, 1.165) is 0 Å². The van der Waals surface area contributed by atoms with Gasteiger partial charge in [0.05, 0.1) is 0 Å². The van der Waals surface area contributed by atoms with Crippen LogP contribution in [0.4, 0.5) is 0 Å². The molecule has 0 spiro atoms. The summed E-state index contributed by atoms with van der Waals surface area (Å²) in [7, 11) is 0. The molecule has 0 unspecified atom stereocenters. The molecule has 9 rings (SSSR count). The van der Waals surface area contributed by atoms with Crippen LogP contribution in [0.15, 0.2) is 72.8 Å². The molecule has 6 heterocycles. The van der Waals surface area contributed by atoms with Crippen molar-refractivity contribution >= 4 is 68.0 Å². The molecule has 6 heteroatoms. The molecule has 44 heavy (non-hydrogen) atoms. The first kappa shape index (κ1) is 27.7. The molecule has 0 saturated heterocycles. The third-order valence-electron chi connectivity index (χ3n) is 9.47. The normalized spacial score (nSPS) is 15.4. The summed E-state index contributed by atoms with van der Waals surface area (Å²) in [5.41, 5.74) is 8.79. The summed E-state index contributed by atoms with van der Waals surface area (Å²) >= 11 is 11.6. The highest BCUT2D eigenvalue weighted by Crippen LogP contribution is 2.61. The van der Waals surface area contributed by atoms with Gasteiger partial charge in [-0.25, -0.2) is 0 Å². The molecule has 6 aromatic heterocycles. The van der Waals surface area contributed by atoms with Gasteiger partial charge in [-0.1, -0.05) is 27.7 Å². The molecule has 0 saturated carbocycles. The summed E-state index contributed by atoms with van der Waals surface area (Å²) in [6.45, 7) is 14.1. The van der Waals surface area contributed by atoms with Gasteiger partial charge in [0.1, 0.15) is 0 Å². The van der Waals surface area contributed by atoms with Crippen molar-refractivity contribution in [1.29, 1.82) is 0 Å². The smallest absolute Gasteiger partial charge is 0.0452 e.